The second-order valence-corrected chi connectivity index (χ2v) is 6.52. The van der Waals surface area contributed by atoms with Crippen molar-refractivity contribution in [2.24, 2.45) is 0 Å². The normalized spacial score (nSPS) is 22.1. The molecule has 2 aliphatic rings. The summed E-state index contributed by atoms with van der Waals surface area (Å²) in [6.07, 6.45) is 4.93. The van der Waals surface area contributed by atoms with E-state index >= 15 is 0 Å². The summed E-state index contributed by atoms with van der Waals surface area (Å²) in [5, 5.41) is 10.2. The van der Waals surface area contributed by atoms with Gasteiger partial charge < -0.3 is 14.7 Å². The lowest BCUT2D eigenvalue weighted by atomic mass is 10.2. The van der Waals surface area contributed by atoms with Gasteiger partial charge in [-0.05, 0) is 25.0 Å². The molecule has 0 bridgehead atoms. The Morgan fingerprint density at radius 3 is 2.41 bits per heavy atom. The van der Waals surface area contributed by atoms with Gasteiger partial charge in [0.25, 0.3) is 0 Å². The van der Waals surface area contributed by atoms with E-state index in [1.54, 1.807) is 0 Å². The molecule has 122 valence electrons. The molecule has 0 spiro atoms. The van der Waals surface area contributed by atoms with Crippen LogP contribution in [0.3, 0.4) is 0 Å². The Labute approximate surface area is 133 Å². The lowest BCUT2D eigenvalue weighted by molar-refractivity contribution is -0.0188. The smallest absolute Gasteiger partial charge is 0.0900 e. The van der Waals surface area contributed by atoms with Crippen LogP contribution in [0.15, 0.2) is 30.3 Å². The number of benzene rings is 1. The Morgan fingerprint density at radius 1 is 1.05 bits per heavy atom. The molecule has 1 N–H and O–H groups in total. The number of rotatable bonds is 6. The Balaban J connectivity index is 1.36. The number of hydrogen-bond donors (Lipinski definition) is 1. The molecule has 1 aliphatic carbocycles. The van der Waals surface area contributed by atoms with Crippen LogP contribution in [0.5, 0.6) is 0 Å². The predicted molar refractivity (Wildman–Crippen MR) is 89.3 cm³/mol. The molecule has 1 aromatic carbocycles. The molecule has 22 heavy (non-hydrogen) atoms. The molecule has 0 radical (unpaired) electrons. The van der Waals surface area contributed by atoms with Gasteiger partial charge >= 0.3 is 0 Å². The summed E-state index contributed by atoms with van der Waals surface area (Å²) >= 11 is 0. The van der Waals surface area contributed by atoms with Gasteiger partial charge in [-0.1, -0.05) is 31.0 Å². The van der Waals surface area contributed by atoms with Gasteiger partial charge in [-0.2, -0.15) is 0 Å². The zero-order chi connectivity index (χ0) is 15.2. The molecule has 2 fully saturated rings. The summed E-state index contributed by atoms with van der Waals surface area (Å²) in [6.45, 7) is 5.30. The third-order valence-electron chi connectivity index (χ3n) is 4.79. The van der Waals surface area contributed by atoms with E-state index in [2.05, 4.69) is 40.1 Å². The maximum absolute atomic E-state index is 10.2. The number of β-amino-alcohol motifs (C(OH)–C–C–N with tert-alkyl or cyclic N) is 1. The highest BCUT2D eigenvalue weighted by molar-refractivity contribution is 5.46. The van der Waals surface area contributed by atoms with Crippen LogP contribution in [0, 0.1) is 0 Å². The fourth-order valence-electron chi connectivity index (χ4n) is 3.48. The first-order valence-corrected chi connectivity index (χ1v) is 8.63. The van der Waals surface area contributed by atoms with Gasteiger partial charge in [0.1, 0.15) is 0 Å². The van der Waals surface area contributed by atoms with Crippen molar-refractivity contribution in [1.29, 1.82) is 0 Å². The third-order valence-corrected chi connectivity index (χ3v) is 4.79. The van der Waals surface area contributed by atoms with Gasteiger partial charge in [-0.3, -0.25) is 4.90 Å². The molecule has 1 heterocycles. The van der Waals surface area contributed by atoms with Crippen molar-refractivity contribution >= 4 is 5.69 Å². The molecular weight excluding hydrogens is 276 g/mol. The van der Waals surface area contributed by atoms with Gasteiger partial charge in [0.2, 0.25) is 0 Å². The number of anilines is 1. The number of para-hydroxylation sites is 1. The van der Waals surface area contributed by atoms with Crippen molar-refractivity contribution in [3.05, 3.63) is 30.3 Å². The van der Waals surface area contributed by atoms with Gasteiger partial charge in [0.15, 0.2) is 0 Å². The molecule has 1 aromatic rings. The van der Waals surface area contributed by atoms with E-state index < -0.39 is 0 Å². The molecule has 3 rings (SSSR count). The monoisotopic (exact) mass is 304 g/mol. The summed E-state index contributed by atoms with van der Waals surface area (Å²) in [6, 6.07) is 10.6. The van der Waals surface area contributed by atoms with Gasteiger partial charge in [0.05, 0.1) is 18.8 Å². The topological polar surface area (TPSA) is 35.9 Å². The van der Waals surface area contributed by atoms with Gasteiger partial charge in [-0.15, -0.1) is 0 Å². The number of piperazine rings is 1. The highest BCUT2D eigenvalue weighted by atomic mass is 16.5. The summed E-state index contributed by atoms with van der Waals surface area (Å²) in [4.78, 5) is 4.76. The molecule has 1 saturated carbocycles. The first kappa shape index (κ1) is 15.8. The zero-order valence-electron chi connectivity index (χ0n) is 13.4. The number of aliphatic hydroxyl groups is 1. The molecule has 1 atom stereocenters. The van der Waals surface area contributed by atoms with Crippen LogP contribution in [0.1, 0.15) is 25.7 Å². The minimum Gasteiger partial charge on any atom is -0.389 e. The molecule has 1 aliphatic heterocycles. The number of hydrogen-bond acceptors (Lipinski definition) is 4. The molecular formula is C18H28N2O2. The second kappa shape index (κ2) is 7.95. The first-order valence-electron chi connectivity index (χ1n) is 8.63. The maximum atomic E-state index is 10.2. The quantitative estimate of drug-likeness (QED) is 0.873. The largest absolute Gasteiger partial charge is 0.389 e. The van der Waals surface area contributed by atoms with Crippen molar-refractivity contribution < 1.29 is 9.84 Å². The van der Waals surface area contributed by atoms with Crippen LogP contribution in [-0.2, 0) is 4.74 Å². The minimum absolute atomic E-state index is 0.358. The molecule has 4 nitrogen and oxygen atoms in total. The van der Waals surface area contributed by atoms with Crippen molar-refractivity contribution in [3.63, 3.8) is 0 Å². The number of aliphatic hydroxyl groups excluding tert-OH is 1. The number of ether oxygens (including phenoxy) is 1. The SMILES string of the molecule is O[C@H](COC1CCCC1)CN1CCN(c2ccccc2)CC1. The molecule has 4 heteroatoms. The standard InChI is InChI=1S/C18H28N2O2/c21-17(15-22-18-8-4-5-9-18)14-19-10-12-20(13-11-19)16-6-2-1-3-7-16/h1-3,6-7,17-18,21H,4-5,8-15H2/t17-/m0/s1. The zero-order valence-corrected chi connectivity index (χ0v) is 13.4. The highest BCUT2D eigenvalue weighted by Crippen LogP contribution is 2.21. The van der Waals surface area contributed by atoms with E-state index in [0.29, 0.717) is 12.7 Å². The van der Waals surface area contributed by atoms with E-state index in [-0.39, 0.29) is 6.10 Å². The van der Waals surface area contributed by atoms with Crippen LogP contribution in [-0.4, -0.2) is 61.5 Å². The van der Waals surface area contributed by atoms with Gasteiger partial charge in [-0.25, -0.2) is 0 Å². The van der Waals surface area contributed by atoms with Crippen LogP contribution < -0.4 is 4.90 Å². The van der Waals surface area contributed by atoms with Crippen LogP contribution in [0.4, 0.5) is 5.69 Å². The van der Waals surface area contributed by atoms with Crippen molar-refractivity contribution in [2.75, 3.05) is 44.2 Å². The predicted octanol–water partition coefficient (Wildman–Crippen LogP) is 2.13. The van der Waals surface area contributed by atoms with E-state index in [9.17, 15) is 5.11 Å². The first-order chi connectivity index (χ1) is 10.8. The van der Waals surface area contributed by atoms with E-state index in [0.717, 1.165) is 32.7 Å². The lowest BCUT2D eigenvalue weighted by Crippen LogP contribution is -2.49. The molecule has 1 saturated heterocycles. The maximum Gasteiger partial charge on any atom is 0.0900 e. The van der Waals surface area contributed by atoms with Crippen LogP contribution in [0.25, 0.3) is 0 Å². The highest BCUT2D eigenvalue weighted by Gasteiger charge is 2.21. The second-order valence-electron chi connectivity index (χ2n) is 6.52. The van der Waals surface area contributed by atoms with E-state index in [1.165, 1.54) is 31.4 Å². The summed E-state index contributed by atoms with van der Waals surface area (Å²) in [5.41, 5.74) is 1.30. The van der Waals surface area contributed by atoms with E-state index in [4.69, 9.17) is 4.74 Å². The fourth-order valence-corrected chi connectivity index (χ4v) is 3.48. The third kappa shape index (κ3) is 4.45. The fraction of sp³-hybridized carbons (Fsp3) is 0.667. The summed E-state index contributed by atoms with van der Waals surface area (Å²) < 4.78 is 5.81. The molecule has 0 unspecified atom stereocenters. The lowest BCUT2D eigenvalue weighted by Gasteiger charge is -2.37. The van der Waals surface area contributed by atoms with E-state index in [1.807, 2.05) is 0 Å². The van der Waals surface area contributed by atoms with Crippen LogP contribution in [0.2, 0.25) is 0 Å². The Morgan fingerprint density at radius 2 is 1.73 bits per heavy atom. The minimum atomic E-state index is -0.358. The molecule has 0 aromatic heterocycles. The van der Waals surface area contributed by atoms with Crippen LogP contribution >= 0.6 is 0 Å². The molecule has 0 amide bonds. The van der Waals surface area contributed by atoms with Crippen molar-refractivity contribution in [3.8, 4) is 0 Å². The van der Waals surface area contributed by atoms with Crippen molar-refractivity contribution in [2.45, 2.75) is 37.9 Å². The van der Waals surface area contributed by atoms with Gasteiger partial charge in [0, 0.05) is 38.4 Å². The average Bonchev–Trinajstić information content (AvgIpc) is 3.08. The Kier molecular flexibility index (Phi) is 5.70. The van der Waals surface area contributed by atoms with Crippen molar-refractivity contribution in [1.82, 2.24) is 4.90 Å². The summed E-state index contributed by atoms with van der Waals surface area (Å²) in [5.74, 6) is 0. The Bertz CT molecular complexity index is 426. The Hall–Kier alpha value is -1.10. The summed E-state index contributed by atoms with van der Waals surface area (Å²) in [7, 11) is 0. The number of nitrogens with zero attached hydrogens (tertiary/aromatic N) is 2. The average molecular weight is 304 g/mol.